The lowest BCUT2D eigenvalue weighted by atomic mass is 10.0. The zero-order valence-electron chi connectivity index (χ0n) is 13.3. The molecule has 0 unspecified atom stereocenters. The highest BCUT2D eigenvalue weighted by molar-refractivity contribution is 8.00. The molecule has 1 aliphatic heterocycles. The summed E-state index contributed by atoms with van der Waals surface area (Å²) in [4.78, 5) is 5.93. The molecule has 0 saturated carbocycles. The second-order valence-electron chi connectivity index (χ2n) is 6.40. The third-order valence-electron chi connectivity index (χ3n) is 4.51. The van der Waals surface area contributed by atoms with E-state index < -0.39 is 5.51 Å². The van der Waals surface area contributed by atoms with E-state index in [2.05, 4.69) is 23.7 Å². The van der Waals surface area contributed by atoms with Gasteiger partial charge in [-0.25, -0.2) is 0 Å². The zero-order chi connectivity index (χ0) is 16.6. The second-order valence-corrected chi connectivity index (χ2v) is 7.54. The minimum atomic E-state index is -4.25. The fourth-order valence-electron chi connectivity index (χ4n) is 3.53. The number of H-pyrrole nitrogens is 1. The smallest absolute Gasteiger partial charge is 0.361 e. The standard InChI is InChI=1S/C17H21F3N2S/c1-11(2)22-7-3-4-13(22)8-12-10-21-16-6-5-14(9-15(12)16)23-17(18,19)20/h5-6,9-11,13,21H,3-4,7-8H2,1-2H3/t13-/m1/s1. The van der Waals surface area contributed by atoms with E-state index in [0.29, 0.717) is 12.1 Å². The van der Waals surface area contributed by atoms with Crippen LogP contribution in [0.15, 0.2) is 29.3 Å². The molecule has 2 nitrogen and oxygen atoms in total. The van der Waals surface area contributed by atoms with Crippen LogP contribution in [-0.2, 0) is 6.42 Å². The molecule has 1 N–H and O–H groups in total. The van der Waals surface area contributed by atoms with E-state index in [1.807, 2.05) is 6.20 Å². The van der Waals surface area contributed by atoms with Crippen molar-refractivity contribution in [3.8, 4) is 0 Å². The quantitative estimate of drug-likeness (QED) is 0.771. The Morgan fingerprint density at radius 3 is 2.83 bits per heavy atom. The summed E-state index contributed by atoms with van der Waals surface area (Å²) in [6.07, 6.45) is 5.18. The second kappa shape index (κ2) is 6.40. The molecule has 2 heterocycles. The van der Waals surface area contributed by atoms with Crippen LogP contribution in [0.5, 0.6) is 0 Å². The number of hydrogen-bond acceptors (Lipinski definition) is 2. The molecule has 6 heteroatoms. The minimum Gasteiger partial charge on any atom is -0.361 e. The lowest BCUT2D eigenvalue weighted by Gasteiger charge is -2.28. The maximum Gasteiger partial charge on any atom is 0.446 e. The van der Waals surface area contributed by atoms with Crippen molar-refractivity contribution in [2.45, 2.75) is 55.6 Å². The number of alkyl halides is 3. The van der Waals surface area contributed by atoms with Crippen LogP contribution in [0, 0.1) is 0 Å². The lowest BCUT2D eigenvalue weighted by Crippen LogP contribution is -2.36. The third-order valence-corrected chi connectivity index (χ3v) is 5.24. The first kappa shape index (κ1) is 16.7. The van der Waals surface area contributed by atoms with Crippen LogP contribution in [0.3, 0.4) is 0 Å². The molecule has 1 aromatic heterocycles. The Balaban J connectivity index is 1.85. The molecule has 1 saturated heterocycles. The monoisotopic (exact) mass is 342 g/mol. The van der Waals surface area contributed by atoms with Crippen molar-refractivity contribution in [1.82, 2.24) is 9.88 Å². The van der Waals surface area contributed by atoms with Gasteiger partial charge in [0.1, 0.15) is 0 Å². The lowest BCUT2D eigenvalue weighted by molar-refractivity contribution is -0.0328. The Labute approximate surface area is 138 Å². The van der Waals surface area contributed by atoms with Crippen LogP contribution in [0.4, 0.5) is 13.2 Å². The summed E-state index contributed by atoms with van der Waals surface area (Å²) in [5, 5.41) is 0.912. The number of halogens is 3. The van der Waals surface area contributed by atoms with Gasteiger partial charge in [0.15, 0.2) is 0 Å². The molecule has 0 radical (unpaired) electrons. The number of rotatable bonds is 4. The van der Waals surface area contributed by atoms with Gasteiger partial charge in [-0.1, -0.05) is 0 Å². The van der Waals surface area contributed by atoms with Crippen molar-refractivity contribution in [1.29, 1.82) is 0 Å². The van der Waals surface area contributed by atoms with E-state index in [-0.39, 0.29) is 16.7 Å². The molecule has 1 fully saturated rings. The molecule has 0 aliphatic carbocycles. The predicted molar refractivity (Wildman–Crippen MR) is 88.8 cm³/mol. The molecule has 126 valence electrons. The van der Waals surface area contributed by atoms with E-state index in [1.54, 1.807) is 12.1 Å². The van der Waals surface area contributed by atoms with Gasteiger partial charge in [0, 0.05) is 34.1 Å². The predicted octanol–water partition coefficient (Wildman–Crippen LogP) is 5.20. The molecule has 1 aliphatic rings. The number of likely N-dealkylation sites (tertiary alicyclic amines) is 1. The van der Waals surface area contributed by atoms with E-state index in [4.69, 9.17) is 0 Å². The summed E-state index contributed by atoms with van der Waals surface area (Å²) in [5.74, 6) is 0. The maximum absolute atomic E-state index is 12.6. The average Bonchev–Trinajstić information content (AvgIpc) is 3.05. The van der Waals surface area contributed by atoms with Crippen molar-refractivity contribution in [2.24, 2.45) is 0 Å². The van der Waals surface area contributed by atoms with Gasteiger partial charge >= 0.3 is 5.51 Å². The molecule has 1 atom stereocenters. The molecule has 2 aromatic rings. The average molecular weight is 342 g/mol. The van der Waals surface area contributed by atoms with Gasteiger partial charge in [-0.15, -0.1) is 0 Å². The topological polar surface area (TPSA) is 19.0 Å². The highest BCUT2D eigenvalue weighted by Gasteiger charge is 2.30. The number of aromatic nitrogens is 1. The molecule has 0 amide bonds. The largest absolute Gasteiger partial charge is 0.446 e. The molecule has 0 bridgehead atoms. The first-order chi connectivity index (χ1) is 10.8. The highest BCUT2D eigenvalue weighted by Crippen LogP contribution is 2.38. The minimum absolute atomic E-state index is 0.0484. The highest BCUT2D eigenvalue weighted by atomic mass is 32.2. The maximum atomic E-state index is 12.6. The molecule has 1 aromatic carbocycles. The number of fused-ring (bicyclic) bond motifs is 1. The van der Waals surface area contributed by atoms with Crippen LogP contribution >= 0.6 is 11.8 Å². The summed E-state index contributed by atoms with van der Waals surface area (Å²) < 4.78 is 37.8. The molecule has 3 rings (SSSR count). The van der Waals surface area contributed by atoms with Crippen molar-refractivity contribution in [2.75, 3.05) is 6.54 Å². The SMILES string of the molecule is CC(C)N1CCC[C@@H]1Cc1c[nH]c2ccc(SC(F)(F)F)cc12. The molecular formula is C17H21F3N2S. The normalized spacial score (nSPS) is 20.0. The number of nitrogens with one attached hydrogen (secondary N) is 1. The van der Waals surface area contributed by atoms with E-state index in [0.717, 1.165) is 35.9 Å². The number of thioether (sulfide) groups is 1. The number of hydrogen-bond donors (Lipinski definition) is 1. The van der Waals surface area contributed by atoms with Crippen molar-refractivity contribution in [3.63, 3.8) is 0 Å². The Morgan fingerprint density at radius 2 is 2.13 bits per heavy atom. The number of nitrogens with zero attached hydrogens (tertiary/aromatic N) is 1. The van der Waals surface area contributed by atoms with Crippen LogP contribution in [0.25, 0.3) is 10.9 Å². The Kier molecular flexibility index (Phi) is 4.65. The van der Waals surface area contributed by atoms with Crippen molar-refractivity contribution in [3.05, 3.63) is 30.0 Å². The molecule has 23 heavy (non-hydrogen) atoms. The van der Waals surface area contributed by atoms with Crippen molar-refractivity contribution >= 4 is 22.7 Å². The van der Waals surface area contributed by atoms with Gasteiger partial charge in [0.05, 0.1) is 0 Å². The van der Waals surface area contributed by atoms with Gasteiger partial charge in [-0.2, -0.15) is 13.2 Å². The zero-order valence-corrected chi connectivity index (χ0v) is 14.1. The van der Waals surface area contributed by atoms with Gasteiger partial charge in [-0.3, -0.25) is 4.90 Å². The van der Waals surface area contributed by atoms with E-state index >= 15 is 0 Å². The summed E-state index contributed by atoms with van der Waals surface area (Å²) in [6, 6.07) is 5.91. The van der Waals surface area contributed by atoms with Crippen LogP contribution in [0.1, 0.15) is 32.3 Å². The van der Waals surface area contributed by atoms with Crippen LogP contribution in [-0.4, -0.2) is 34.0 Å². The summed E-state index contributed by atoms with van der Waals surface area (Å²) in [5.41, 5.74) is -2.23. The fraction of sp³-hybridized carbons (Fsp3) is 0.529. The Hall–Kier alpha value is -1.14. The number of aromatic amines is 1. The summed E-state index contributed by atoms with van der Waals surface area (Å²) in [6.45, 7) is 5.51. The first-order valence-electron chi connectivity index (χ1n) is 7.95. The van der Waals surface area contributed by atoms with Crippen LogP contribution < -0.4 is 0 Å². The van der Waals surface area contributed by atoms with Gasteiger partial charge in [0.2, 0.25) is 0 Å². The Bertz CT molecular complexity index is 678. The van der Waals surface area contributed by atoms with Crippen molar-refractivity contribution < 1.29 is 13.2 Å². The summed E-state index contributed by atoms with van der Waals surface area (Å²) >= 11 is -0.0484. The Morgan fingerprint density at radius 1 is 1.35 bits per heavy atom. The van der Waals surface area contributed by atoms with E-state index in [9.17, 15) is 13.2 Å². The summed E-state index contributed by atoms with van der Waals surface area (Å²) in [7, 11) is 0. The molecular weight excluding hydrogens is 321 g/mol. The number of benzene rings is 1. The van der Waals surface area contributed by atoms with Gasteiger partial charge < -0.3 is 4.98 Å². The van der Waals surface area contributed by atoms with Crippen LogP contribution in [0.2, 0.25) is 0 Å². The van der Waals surface area contributed by atoms with Gasteiger partial charge in [-0.05, 0) is 75.2 Å². The van der Waals surface area contributed by atoms with Gasteiger partial charge in [0.25, 0.3) is 0 Å². The molecule has 0 spiro atoms. The third kappa shape index (κ3) is 3.86. The fourth-order valence-corrected chi connectivity index (χ4v) is 4.11. The van der Waals surface area contributed by atoms with E-state index in [1.165, 1.54) is 12.5 Å². The first-order valence-corrected chi connectivity index (χ1v) is 8.76.